The van der Waals surface area contributed by atoms with Crippen LogP contribution >= 0.6 is 0 Å². The van der Waals surface area contributed by atoms with Crippen LogP contribution in [0, 0.1) is 12.7 Å². The molecule has 0 radical (unpaired) electrons. The third-order valence-corrected chi connectivity index (χ3v) is 5.25. The van der Waals surface area contributed by atoms with Crippen LogP contribution < -0.4 is 10.2 Å². The number of aromatic amines is 1. The number of carbonyl (C=O) groups excluding carboxylic acids is 1. The predicted molar refractivity (Wildman–Crippen MR) is 111 cm³/mol. The molecule has 0 spiro atoms. The molecule has 1 aromatic heterocycles. The van der Waals surface area contributed by atoms with Crippen LogP contribution in [0.1, 0.15) is 22.5 Å². The number of nitrogens with one attached hydrogen (secondary N) is 2. The Kier molecular flexibility index (Phi) is 5.51. The number of rotatable bonds is 5. The number of aliphatic hydroxyl groups excluding tert-OH is 1. The van der Waals surface area contributed by atoms with E-state index in [9.17, 15) is 9.18 Å². The number of hydrogen-bond acceptors (Lipinski definition) is 4. The number of fused-ring (bicyclic) bond motifs is 1. The topological polar surface area (TPSA) is 77.6 Å². The fraction of sp³-hybridized carbons (Fsp3) is 0.318. The van der Waals surface area contributed by atoms with Gasteiger partial charge >= 0.3 is 0 Å². The first kappa shape index (κ1) is 19.4. The SMILES string of the molecule is Cc1ccc(F)c2cc(C(=O)Nc3cccc(N4CCOC(CCO)C4)c3)[nH]c12. The first-order chi connectivity index (χ1) is 14.0. The number of hydrogen-bond donors (Lipinski definition) is 3. The Morgan fingerprint density at radius 3 is 3.00 bits per heavy atom. The Hall–Kier alpha value is -2.90. The fourth-order valence-corrected chi connectivity index (χ4v) is 3.70. The minimum Gasteiger partial charge on any atom is -0.396 e. The van der Waals surface area contributed by atoms with E-state index in [-0.39, 0.29) is 24.4 Å². The maximum atomic E-state index is 14.0. The van der Waals surface area contributed by atoms with Crippen molar-refractivity contribution in [3.63, 3.8) is 0 Å². The zero-order valence-electron chi connectivity index (χ0n) is 16.2. The lowest BCUT2D eigenvalue weighted by molar-refractivity contribution is 0.0247. The molecule has 2 aromatic carbocycles. The molecular weight excluding hydrogens is 373 g/mol. The zero-order chi connectivity index (χ0) is 20.4. The van der Waals surface area contributed by atoms with E-state index in [4.69, 9.17) is 9.84 Å². The molecule has 0 aliphatic carbocycles. The van der Waals surface area contributed by atoms with E-state index >= 15 is 0 Å². The summed E-state index contributed by atoms with van der Waals surface area (Å²) in [7, 11) is 0. The van der Waals surface area contributed by atoms with Crippen LogP contribution in [0.3, 0.4) is 0 Å². The Morgan fingerprint density at radius 2 is 2.21 bits per heavy atom. The number of ether oxygens (including phenoxy) is 1. The molecule has 2 heterocycles. The minimum atomic E-state index is -0.354. The summed E-state index contributed by atoms with van der Waals surface area (Å²) in [6.07, 6.45) is 0.597. The molecule has 29 heavy (non-hydrogen) atoms. The largest absolute Gasteiger partial charge is 0.396 e. The molecule has 3 aromatic rings. The number of morpholine rings is 1. The molecule has 6 nitrogen and oxygen atoms in total. The second-order valence-electron chi connectivity index (χ2n) is 7.29. The molecule has 0 saturated carbocycles. The highest BCUT2D eigenvalue weighted by Crippen LogP contribution is 2.25. The average molecular weight is 397 g/mol. The van der Waals surface area contributed by atoms with Gasteiger partial charge in [-0.25, -0.2) is 4.39 Å². The van der Waals surface area contributed by atoms with Crippen LogP contribution in [0.15, 0.2) is 42.5 Å². The normalized spacial score (nSPS) is 16.9. The monoisotopic (exact) mass is 397 g/mol. The van der Waals surface area contributed by atoms with Gasteiger partial charge in [-0.2, -0.15) is 0 Å². The Bertz CT molecular complexity index is 992. The molecule has 1 unspecified atom stereocenters. The highest BCUT2D eigenvalue weighted by Gasteiger charge is 2.21. The van der Waals surface area contributed by atoms with Crippen molar-refractivity contribution in [1.82, 2.24) is 4.98 Å². The van der Waals surface area contributed by atoms with Crippen LogP contribution in [-0.2, 0) is 4.74 Å². The van der Waals surface area contributed by atoms with E-state index in [0.717, 1.165) is 17.8 Å². The molecule has 0 bridgehead atoms. The van der Waals surface area contributed by atoms with Gasteiger partial charge in [0.25, 0.3) is 5.91 Å². The average Bonchev–Trinajstić information content (AvgIpc) is 3.19. The van der Waals surface area contributed by atoms with Gasteiger partial charge in [0.1, 0.15) is 11.5 Å². The molecule has 3 N–H and O–H groups in total. The third kappa shape index (κ3) is 4.11. The second-order valence-corrected chi connectivity index (χ2v) is 7.29. The van der Waals surface area contributed by atoms with Crippen LogP contribution in [0.5, 0.6) is 0 Å². The number of anilines is 2. The first-order valence-electron chi connectivity index (χ1n) is 9.72. The van der Waals surface area contributed by atoms with Crippen molar-refractivity contribution in [2.75, 3.05) is 36.5 Å². The molecular formula is C22H24FN3O3. The van der Waals surface area contributed by atoms with Gasteiger partial charge in [-0.15, -0.1) is 0 Å². The van der Waals surface area contributed by atoms with Crippen molar-refractivity contribution in [2.24, 2.45) is 0 Å². The van der Waals surface area contributed by atoms with Gasteiger partial charge in [-0.1, -0.05) is 12.1 Å². The van der Waals surface area contributed by atoms with Gasteiger partial charge in [0.05, 0.1) is 18.2 Å². The van der Waals surface area contributed by atoms with Crippen molar-refractivity contribution in [1.29, 1.82) is 0 Å². The van der Waals surface area contributed by atoms with E-state index in [1.54, 1.807) is 6.07 Å². The number of aromatic nitrogens is 1. The number of amides is 1. The lowest BCUT2D eigenvalue weighted by Crippen LogP contribution is -2.42. The Labute approximate surface area is 168 Å². The lowest BCUT2D eigenvalue weighted by Gasteiger charge is -2.34. The van der Waals surface area contributed by atoms with Crippen LogP contribution in [0.25, 0.3) is 10.9 Å². The van der Waals surface area contributed by atoms with Crippen LogP contribution in [0.4, 0.5) is 15.8 Å². The van der Waals surface area contributed by atoms with Crippen molar-refractivity contribution < 1.29 is 19.0 Å². The number of carbonyl (C=O) groups is 1. The summed E-state index contributed by atoms with van der Waals surface area (Å²) in [6, 6.07) is 12.2. The van der Waals surface area contributed by atoms with Gasteiger partial charge in [-0.3, -0.25) is 4.79 Å². The van der Waals surface area contributed by atoms with Gasteiger partial charge in [0.15, 0.2) is 0 Å². The highest BCUT2D eigenvalue weighted by atomic mass is 19.1. The number of nitrogens with zero attached hydrogens (tertiary/aromatic N) is 1. The fourth-order valence-electron chi connectivity index (χ4n) is 3.70. The summed E-state index contributed by atoms with van der Waals surface area (Å²) >= 11 is 0. The van der Waals surface area contributed by atoms with Crippen LogP contribution in [0.2, 0.25) is 0 Å². The molecule has 1 amide bonds. The van der Waals surface area contributed by atoms with E-state index in [2.05, 4.69) is 15.2 Å². The van der Waals surface area contributed by atoms with E-state index < -0.39 is 0 Å². The molecule has 1 aliphatic rings. The minimum absolute atomic E-state index is 0.00326. The standard InChI is InChI=1S/C22H24FN3O3/c1-14-5-6-19(23)18-12-20(25-21(14)18)22(28)24-15-3-2-4-16(11-15)26-8-10-29-17(13-26)7-9-27/h2-6,11-12,17,25,27H,7-10,13H2,1H3,(H,24,28). The Morgan fingerprint density at radius 1 is 1.34 bits per heavy atom. The number of H-pyrrole nitrogens is 1. The molecule has 1 fully saturated rings. The van der Waals surface area contributed by atoms with Crippen LogP contribution in [-0.4, -0.2) is 48.4 Å². The highest BCUT2D eigenvalue weighted by molar-refractivity contribution is 6.06. The molecule has 152 valence electrons. The summed E-state index contributed by atoms with van der Waals surface area (Å²) in [5, 5.41) is 12.4. The van der Waals surface area contributed by atoms with Crippen molar-refractivity contribution in [3.8, 4) is 0 Å². The van der Waals surface area contributed by atoms with E-state index in [1.807, 2.05) is 31.2 Å². The summed E-state index contributed by atoms with van der Waals surface area (Å²) in [6.45, 7) is 4.01. The Balaban J connectivity index is 1.51. The number of aryl methyl sites for hydroxylation is 1. The van der Waals surface area contributed by atoms with Gasteiger partial charge < -0.3 is 25.0 Å². The molecule has 1 aliphatic heterocycles. The van der Waals surface area contributed by atoms with E-state index in [0.29, 0.717) is 41.9 Å². The van der Waals surface area contributed by atoms with Gasteiger partial charge in [-0.05, 0) is 49.2 Å². The molecule has 1 atom stereocenters. The summed E-state index contributed by atoms with van der Waals surface area (Å²) < 4.78 is 19.7. The van der Waals surface area contributed by atoms with Gasteiger partial charge in [0, 0.05) is 36.5 Å². The quantitative estimate of drug-likeness (QED) is 0.616. The van der Waals surface area contributed by atoms with Gasteiger partial charge in [0.2, 0.25) is 0 Å². The predicted octanol–water partition coefficient (Wildman–Crippen LogP) is 3.46. The number of halogens is 1. The van der Waals surface area contributed by atoms with Crippen molar-refractivity contribution in [2.45, 2.75) is 19.4 Å². The number of benzene rings is 2. The van der Waals surface area contributed by atoms with E-state index in [1.165, 1.54) is 12.1 Å². The molecule has 1 saturated heterocycles. The smallest absolute Gasteiger partial charge is 0.272 e. The summed E-state index contributed by atoms with van der Waals surface area (Å²) in [4.78, 5) is 17.9. The van der Waals surface area contributed by atoms with Crippen molar-refractivity contribution >= 4 is 28.2 Å². The number of aliphatic hydroxyl groups is 1. The maximum Gasteiger partial charge on any atom is 0.272 e. The lowest BCUT2D eigenvalue weighted by atomic mass is 10.1. The second kappa shape index (κ2) is 8.23. The maximum absolute atomic E-state index is 14.0. The zero-order valence-corrected chi connectivity index (χ0v) is 16.2. The third-order valence-electron chi connectivity index (χ3n) is 5.25. The first-order valence-corrected chi connectivity index (χ1v) is 9.72. The van der Waals surface area contributed by atoms with Crippen molar-refractivity contribution in [3.05, 3.63) is 59.5 Å². The molecule has 4 rings (SSSR count). The molecule has 7 heteroatoms. The summed E-state index contributed by atoms with van der Waals surface area (Å²) in [5.41, 5.74) is 3.47. The summed E-state index contributed by atoms with van der Waals surface area (Å²) in [5.74, 6) is -0.676.